The number of fused-ring (bicyclic) bond motifs is 8. The number of nitrogens with one attached hydrogen (secondary N) is 5. The molecule has 10 heterocycles. The highest BCUT2D eigenvalue weighted by atomic mass is 19.1. The summed E-state index contributed by atoms with van der Waals surface area (Å²) < 4.78 is 41.5. The number of benzene rings is 4. The first kappa shape index (κ1) is 55.6. The summed E-state index contributed by atoms with van der Waals surface area (Å²) in [7, 11) is 0. The van der Waals surface area contributed by atoms with Crippen LogP contribution in [0.3, 0.4) is 0 Å². The van der Waals surface area contributed by atoms with Gasteiger partial charge in [-0.25, -0.2) is 8.97 Å². The number of aliphatic hydroxyl groups excluding tert-OH is 2. The van der Waals surface area contributed by atoms with Gasteiger partial charge in [0.05, 0.1) is 84.8 Å². The van der Waals surface area contributed by atoms with Crippen LogP contribution < -0.4 is 25.7 Å². The number of ether oxygens (including phenoxy) is 3. The second-order valence-corrected chi connectivity index (χ2v) is 24.5. The van der Waals surface area contributed by atoms with Crippen molar-refractivity contribution in [3.63, 3.8) is 0 Å². The number of aromatic nitrogens is 11. The van der Waals surface area contributed by atoms with Gasteiger partial charge in [-0.05, 0) is 85.0 Å². The quantitative estimate of drug-likeness (QED) is 0.0450. The molecule has 4 aliphatic heterocycles. The number of halogens is 1. The molecule has 88 heavy (non-hydrogen) atoms. The maximum Gasteiger partial charge on any atom is 0.434 e. The molecule has 2 amide bonds. The molecule has 0 radical (unpaired) electrons. The van der Waals surface area contributed by atoms with E-state index in [9.17, 15) is 24.6 Å². The van der Waals surface area contributed by atoms with Crippen LogP contribution in [0, 0.1) is 18.7 Å². The van der Waals surface area contributed by atoms with Gasteiger partial charge in [-0.3, -0.25) is 33.9 Å². The summed E-state index contributed by atoms with van der Waals surface area (Å²) in [6, 6.07) is 12.5. The Morgan fingerprint density at radius 2 is 1.77 bits per heavy atom. The predicted octanol–water partition coefficient (Wildman–Crippen LogP) is 7.05. The van der Waals surface area contributed by atoms with E-state index in [1.165, 1.54) is 21.4 Å². The molecule has 0 spiro atoms. The van der Waals surface area contributed by atoms with Crippen LogP contribution in [0.15, 0.2) is 78.1 Å². The molecule has 5 atom stereocenters. The molecule has 5 aliphatic rings. The zero-order valence-electron chi connectivity index (χ0n) is 49.1. The zero-order chi connectivity index (χ0) is 60.2. The molecule has 2 bridgehead atoms. The molecule has 23 nitrogen and oxygen atoms in total. The second kappa shape index (κ2) is 22.0. The predicted molar refractivity (Wildman–Crippen MR) is 325 cm³/mol. The average molecular weight is 1190 g/mol. The first-order valence-corrected chi connectivity index (χ1v) is 30.5. The van der Waals surface area contributed by atoms with Crippen LogP contribution in [0.2, 0.25) is 0 Å². The number of rotatable bonds is 17. The Labute approximate surface area is 502 Å². The van der Waals surface area contributed by atoms with Gasteiger partial charge in [0.2, 0.25) is 11.8 Å². The third-order valence-corrected chi connectivity index (χ3v) is 18.5. The maximum absolute atomic E-state index is 16.3. The van der Waals surface area contributed by atoms with E-state index in [4.69, 9.17) is 29.3 Å². The SMILES string of the molecule is CCn1nccc1-c1ccc([C@H](CO)NC(=O)[C@@H]2C[C@@H](O)CN2C(=O)[C@H](C(C)C)n2cc3c(n2)c(=O)[nH]c2cc(COc4c(-c5c(C)c(F)cc6[nH]ncc56)c(C5CC5)cc5c([N+]6=C7CN[C@@H](C7)C6)nc(OC6CCOCC6)nc45)ccc23)c2cn[nH]c12. The van der Waals surface area contributed by atoms with Gasteiger partial charge in [-0.2, -0.15) is 25.4 Å². The Hall–Kier alpha value is -8.97. The molecule has 15 rings (SSSR count). The number of carbonyl (C=O) groups is 2. The summed E-state index contributed by atoms with van der Waals surface area (Å²) in [6.07, 6.45) is 9.78. The van der Waals surface area contributed by atoms with Crippen molar-refractivity contribution in [3.05, 3.63) is 112 Å². The minimum atomic E-state index is -1.08. The normalized spacial score (nSPS) is 19.6. The number of amides is 2. The van der Waals surface area contributed by atoms with Crippen LogP contribution in [0.1, 0.15) is 99.6 Å². The van der Waals surface area contributed by atoms with Crippen molar-refractivity contribution in [3.8, 4) is 34.1 Å². The molecule has 24 heteroatoms. The highest BCUT2D eigenvalue weighted by Crippen LogP contribution is 2.53. The average Bonchev–Trinajstić information content (AvgIpc) is 1.44. The molecule has 1 saturated carbocycles. The van der Waals surface area contributed by atoms with E-state index in [0.29, 0.717) is 98.8 Å². The first-order chi connectivity index (χ1) is 42.8. The van der Waals surface area contributed by atoms with E-state index in [2.05, 4.69) is 51.8 Å². The Balaban J connectivity index is 0.761. The number of hydrogen-bond donors (Lipinski definition) is 7. The van der Waals surface area contributed by atoms with Gasteiger partial charge in [0.1, 0.15) is 42.7 Å². The lowest BCUT2D eigenvalue weighted by atomic mass is 9.88. The summed E-state index contributed by atoms with van der Waals surface area (Å²) >= 11 is 0. The number of aliphatic hydroxyl groups is 2. The van der Waals surface area contributed by atoms with Crippen LogP contribution >= 0.6 is 0 Å². The van der Waals surface area contributed by atoms with E-state index < -0.39 is 48.2 Å². The number of aromatic amines is 3. The number of hydrogen-bond acceptors (Lipinski definition) is 15. The third kappa shape index (κ3) is 9.54. The summed E-state index contributed by atoms with van der Waals surface area (Å²) in [5, 5.41) is 55.8. The van der Waals surface area contributed by atoms with Crippen LogP contribution in [0.25, 0.3) is 76.9 Å². The van der Waals surface area contributed by atoms with Gasteiger partial charge in [-0.1, -0.05) is 38.1 Å². The van der Waals surface area contributed by atoms with Gasteiger partial charge >= 0.3 is 11.8 Å². The van der Waals surface area contributed by atoms with Gasteiger partial charge in [0.15, 0.2) is 11.3 Å². The molecule has 3 saturated heterocycles. The molecule has 7 N–H and O–H groups in total. The van der Waals surface area contributed by atoms with Crippen LogP contribution in [0.5, 0.6) is 11.8 Å². The van der Waals surface area contributed by atoms with E-state index in [1.54, 1.807) is 31.7 Å². The minimum absolute atomic E-state index is 0.0164. The summed E-state index contributed by atoms with van der Waals surface area (Å²) in [5.41, 5.74) is 9.08. The molecule has 10 aromatic rings. The Morgan fingerprint density at radius 3 is 2.55 bits per heavy atom. The number of aryl methyl sites for hydroxylation is 1. The molecular formula is C64H67FN15O8+. The number of H-pyrrole nitrogens is 3. The Kier molecular flexibility index (Phi) is 13.9. The minimum Gasteiger partial charge on any atom is -0.486 e. The second-order valence-electron chi connectivity index (χ2n) is 24.5. The fourth-order valence-corrected chi connectivity index (χ4v) is 13.9. The zero-order valence-corrected chi connectivity index (χ0v) is 49.1. The molecule has 6 aromatic heterocycles. The number of β-amino-alcohol motifs (C(OH)–C–C–N with tert-alkyl or cyclic N) is 1. The van der Waals surface area contributed by atoms with E-state index >= 15 is 4.39 Å². The number of nitrogens with zero attached hydrogens (tertiary/aromatic N) is 10. The van der Waals surface area contributed by atoms with Gasteiger partial charge < -0.3 is 44.9 Å². The summed E-state index contributed by atoms with van der Waals surface area (Å²) in [5.74, 6) is -0.413. The summed E-state index contributed by atoms with van der Waals surface area (Å²) in [4.78, 5) is 58.5. The third-order valence-electron chi connectivity index (χ3n) is 18.5. The van der Waals surface area contributed by atoms with Gasteiger partial charge in [0.25, 0.3) is 5.56 Å². The van der Waals surface area contributed by atoms with Crippen molar-refractivity contribution < 1.29 is 43.0 Å². The van der Waals surface area contributed by atoms with Crippen LogP contribution in [-0.4, -0.2) is 156 Å². The van der Waals surface area contributed by atoms with Crippen molar-refractivity contribution in [1.82, 2.24) is 70.4 Å². The summed E-state index contributed by atoms with van der Waals surface area (Å²) in [6.45, 7) is 10.2. The smallest absolute Gasteiger partial charge is 0.434 e. The number of pyridine rings is 1. The van der Waals surface area contributed by atoms with Crippen molar-refractivity contribution in [2.45, 2.75) is 122 Å². The topological polar surface area (TPSA) is 284 Å². The van der Waals surface area contributed by atoms with Gasteiger partial charge in [0, 0.05) is 99.9 Å². The highest BCUT2D eigenvalue weighted by molar-refractivity contribution is 6.07. The Bertz CT molecular complexity index is 4550. The molecule has 0 unspecified atom stereocenters. The lowest BCUT2D eigenvalue weighted by Gasteiger charge is -2.31. The molecule has 1 aliphatic carbocycles. The largest absolute Gasteiger partial charge is 0.486 e. The van der Waals surface area contributed by atoms with Crippen molar-refractivity contribution in [2.75, 3.05) is 39.5 Å². The van der Waals surface area contributed by atoms with E-state index in [1.807, 2.05) is 61.9 Å². The van der Waals surface area contributed by atoms with Crippen molar-refractivity contribution in [2.24, 2.45) is 5.92 Å². The molecule has 4 aromatic carbocycles. The number of likely N-dealkylation sites (tertiary alicyclic amines) is 1. The number of carbonyl (C=O) groups excluding carboxylic acids is 2. The fourth-order valence-electron chi connectivity index (χ4n) is 13.9. The van der Waals surface area contributed by atoms with Crippen molar-refractivity contribution >= 4 is 77.9 Å². The van der Waals surface area contributed by atoms with E-state index in [0.717, 1.165) is 71.3 Å². The molecule has 4 fully saturated rings. The lowest BCUT2D eigenvalue weighted by Crippen LogP contribution is -2.50. The Morgan fingerprint density at radius 1 is 0.943 bits per heavy atom. The standard InChI is InChI=1S/C64H66FN15O8/c1-5-79-51(12-15-69-79)41-11-10-39(44-24-68-75-55(41)44)50(29-81)71-61(83)52-20-37(82)27-78(52)63(85)58(31(2)3)80-28-46-40-9-6-33(18-48(40)70-62(84)57(46)76-80)30-87-59-54(53-32(4)47(65)22-49-45(53)25-67-74-49)42(34-7-8-34)21-43-56(59)72-64(88-38-13-16-86-17-14-38)73-60(43)77-26-35-19-36(77)23-66-35/h6,9-12,15,18,21-22,24-25,28,31,34-35,37-38,50,52,58,66,81-82H,5,7-8,13-14,16-17,19-20,23,26-27,29-30H2,1-4H3,(H3-,67,68,69,70,71,72,73,74,75,83,84)/p+1/t35-,37+,50-,52-,58-/m0/s1. The molecular weight excluding hydrogens is 1130 g/mol. The van der Waals surface area contributed by atoms with Gasteiger partial charge in [-0.15, -0.1) is 0 Å². The lowest BCUT2D eigenvalue weighted by molar-refractivity contribution is -0.441. The molecule has 452 valence electrons. The first-order valence-electron chi connectivity index (χ1n) is 30.5. The monoisotopic (exact) mass is 1190 g/mol. The maximum atomic E-state index is 16.3. The van der Waals surface area contributed by atoms with Crippen LogP contribution in [-0.2, 0) is 27.5 Å². The fraction of sp³-hybridized carbons (Fsp3) is 0.406. The highest BCUT2D eigenvalue weighted by Gasteiger charge is 2.44. The van der Waals surface area contributed by atoms with E-state index in [-0.39, 0.29) is 60.9 Å². The van der Waals surface area contributed by atoms with Crippen molar-refractivity contribution in [1.29, 1.82) is 0 Å². The van der Waals surface area contributed by atoms with Crippen LogP contribution in [0.4, 0.5) is 10.2 Å².